The number of hydrogen-bond acceptors (Lipinski definition) is 7. The van der Waals surface area contributed by atoms with Crippen molar-refractivity contribution in [3.8, 4) is 11.5 Å². The molecule has 18 heteroatoms. The van der Waals surface area contributed by atoms with Gasteiger partial charge in [-0.1, -0.05) is 93.6 Å². The minimum Gasteiger partial charge on any atom is -0.508 e. The fourth-order valence-corrected chi connectivity index (χ4v) is 6.83. The van der Waals surface area contributed by atoms with Gasteiger partial charge in [-0.2, -0.15) is 22.0 Å². The first-order valence-corrected chi connectivity index (χ1v) is 22.4. The fraction of sp³-hybridized carbons (Fsp3) is 0.488. The zero-order valence-corrected chi connectivity index (χ0v) is 35.2. The molecular weight excluding hydrogens is 822 g/mol. The van der Waals surface area contributed by atoms with E-state index in [0.29, 0.717) is 25.4 Å². The predicted octanol–water partition coefficient (Wildman–Crippen LogP) is 9.36. The SMILES string of the molecule is CCC(=C(c1ccc(O)cc1)c1ccc(OCCNCCCCCCCCCS(=O)CCCC(F)(F)C(F)(F)F)cc1)c1ccccc1.CCOC(N)=O.O=P(O)(O)O. The Morgan fingerprint density at radius 3 is 1.75 bits per heavy atom. The summed E-state index contributed by atoms with van der Waals surface area (Å²) in [6.45, 7) is 6.39. The number of phosphoric acid groups is 1. The Labute approximate surface area is 345 Å². The molecule has 0 saturated heterocycles. The van der Waals surface area contributed by atoms with E-state index in [4.69, 9.17) is 24.0 Å². The van der Waals surface area contributed by atoms with E-state index < -0.39 is 49.7 Å². The second-order valence-corrected chi connectivity index (χ2v) is 15.9. The van der Waals surface area contributed by atoms with Crippen molar-refractivity contribution in [1.29, 1.82) is 0 Å². The Morgan fingerprint density at radius 1 is 0.746 bits per heavy atom. The number of halogens is 5. The van der Waals surface area contributed by atoms with Gasteiger partial charge in [-0.3, -0.25) is 4.21 Å². The molecule has 0 aliphatic heterocycles. The quantitative estimate of drug-likeness (QED) is 0.0232. The van der Waals surface area contributed by atoms with Gasteiger partial charge in [-0.05, 0) is 91.3 Å². The number of amides is 1. The molecule has 3 rings (SSSR count). The van der Waals surface area contributed by atoms with Crippen LogP contribution in [-0.4, -0.2) is 80.0 Å². The maximum Gasteiger partial charge on any atom is 0.466 e. The number of ether oxygens (including phenoxy) is 2. The van der Waals surface area contributed by atoms with Crippen LogP contribution in [0.3, 0.4) is 0 Å². The lowest BCUT2D eigenvalue weighted by Gasteiger charge is -2.19. The average molecular weight is 881 g/mol. The van der Waals surface area contributed by atoms with Crippen LogP contribution in [0.5, 0.6) is 11.5 Å². The number of unbranched alkanes of at least 4 members (excludes halogenated alkanes) is 6. The van der Waals surface area contributed by atoms with Gasteiger partial charge in [-0.15, -0.1) is 0 Å². The van der Waals surface area contributed by atoms with Crippen molar-refractivity contribution in [3.05, 3.63) is 95.6 Å². The van der Waals surface area contributed by atoms with Gasteiger partial charge in [0.15, 0.2) is 0 Å². The van der Waals surface area contributed by atoms with Crippen LogP contribution in [0, 0.1) is 0 Å². The number of hydrogen-bond donors (Lipinski definition) is 6. The summed E-state index contributed by atoms with van der Waals surface area (Å²) in [6, 6.07) is 25.8. The molecular formula is C41H58F5N2O9PS. The van der Waals surface area contributed by atoms with Crippen LogP contribution in [0.15, 0.2) is 78.9 Å². The van der Waals surface area contributed by atoms with Crippen molar-refractivity contribution in [3.63, 3.8) is 0 Å². The third kappa shape index (κ3) is 24.7. The molecule has 1 atom stereocenters. The Balaban J connectivity index is 0.00000139. The van der Waals surface area contributed by atoms with Crippen LogP contribution in [0.2, 0.25) is 0 Å². The molecule has 1 amide bonds. The number of allylic oxidation sites excluding steroid dienone is 1. The molecule has 0 spiro atoms. The summed E-state index contributed by atoms with van der Waals surface area (Å²) >= 11 is 0. The largest absolute Gasteiger partial charge is 0.508 e. The second kappa shape index (κ2) is 28.6. The maximum atomic E-state index is 12.9. The average Bonchev–Trinajstić information content (AvgIpc) is 3.16. The highest BCUT2D eigenvalue weighted by atomic mass is 32.2. The minimum absolute atomic E-state index is 0.120. The number of benzene rings is 3. The van der Waals surface area contributed by atoms with Crippen LogP contribution >= 0.6 is 7.82 Å². The summed E-state index contributed by atoms with van der Waals surface area (Å²) in [5, 5.41) is 13.3. The Bertz CT molecular complexity index is 1700. The molecule has 3 aromatic rings. The van der Waals surface area contributed by atoms with E-state index in [0.717, 1.165) is 80.5 Å². The normalized spacial score (nSPS) is 12.6. The monoisotopic (exact) mass is 880 g/mol. The molecule has 0 saturated carbocycles. The number of alkyl halides is 5. The smallest absolute Gasteiger partial charge is 0.466 e. The van der Waals surface area contributed by atoms with Crippen LogP contribution in [0.25, 0.3) is 11.1 Å². The molecule has 59 heavy (non-hydrogen) atoms. The van der Waals surface area contributed by atoms with Gasteiger partial charge in [0.05, 0.1) is 6.61 Å². The summed E-state index contributed by atoms with van der Waals surface area (Å²) in [5.74, 6) is -3.45. The summed E-state index contributed by atoms with van der Waals surface area (Å²) in [7, 11) is -6.00. The lowest BCUT2D eigenvalue weighted by Crippen LogP contribution is -2.36. The van der Waals surface area contributed by atoms with Gasteiger partial charge >= 0.3 is 26.0 Å². The van der Waals surface area contributed by atoms with Crippen molar-refractivity contribution in [1.82, 2.24) is 5.32 Å². The van der Waals surface area contributed by atoms with Gasteiger partial charge in [-0.25, -0.2) is 9.36 Å². The summed E-state index contributed by atoms with van der Waals surface area (Å²) in [4.78, 5) is 31.2. The lowest BCUT2D eigenvalue weighted by molar-refractivity contribution is -0.284. The van der Waals surface area contributed by atoms with Crippen molar-refractivity contribution >= 4 is 35.9 Å². The highest BCUT2D eigenvalue weighted by Gasteiger charge is 2.56. The number of phenolic OH excluding ortho intramolecular Hbond substituents is 1. The topological polar surface area (TPSA) is 189 Å². The zero-order valence-electron chi connectivity index (χ0n) is 33.5. The van der Waals surface area contributed by atoms with Crippen molar-refractivity contribution < 1.29 is 64.8 Å². The molecule has 3 aromatic carbocycles. The summed E-state index contributed by atoms with van der Waals surface area (Å²) in [6.07, 6.45) is -0.274. The van der Waals surface area contributed by atoms with E-state index in [1.807, 2.05) is 42.5 Å². The first kappa shape index (κ1) is 53.2. The standard InChI is InChI=1S/C38H48F5NO3S.C3H7NO2.H3O4P/c1-2-35(30-14-9-8-10-15-30)36(31-16-20-33(45)21-17-31)32-18-22-34(23-19-32)47-27-26-44-25-11-6-4-3-5-7-12-28-48(46)29-13-24-37(39,40)38(41,42)43;1-2-6-3(4)5;1-5(2,3)4/h8-10,14-23,44-45H,2-7,11-13,24-29H2,1H3;2H2,1H3,(H2,4,5);(H3,1,2,3,4). The highest BCUT2D eigenvalue weighted by molar-refractivity contribution is 7.84. The Morgan fingerprint density at radius 2 is 1.25 bits per heavy atom. The van der Waals surface area contributed by atoms with E-state index in [1.165, 1.54) is 11.1 Å². The molecule has 11 nitrogen and oxygen atoms in total. The van der Waals surface area contributed by atoms with Crippen LogP contribution in [0.1, 0.15) is 94.7 Å². The molecule has 0 radical (unpaired) electrons. The number of phenols is 1. The molecule has 1 unspecified atom stereocenters. The highest BCUT2D eigenvalue weighted by Crippen LogP contribution is 2.39. The van der Waals surface area contributed by atoms with Crippen molar-refractivity contribution in [2.45, 2.75) is 90.2 Å². The van der Waals surface area contributed by atoms with E-state index >= 15 is 0 Å². The summed E-state index contributed by atoms with van der Waals surface area (Å²) in [5.41, 5.74) is 10.2. The fourth-order valence-electron chi connectivity index (χ4n) is 5.63. The molecule has 0 bridgehead atoms. The van der Waals surface area contributed by atoms with Gasteiger partial charge in [0.1, 0.15) is 18.1 Å². The van der Waals surface area contributed by atoms with E-state index in [2.05, 4.69) is 47.0 Å². The third-order valence-corrected chi connectivity index (χ3v) is 9.90. The number of carbonyl (C=O) groups is 1. The zero-order chi connectivity index (χ0) is 44.3. The lowest BCUT2D eigenvalue weighted by atomic mass is 9.88. The van der Waals surface area contributed by atoms with Gasteiger partial charge < -0.3 is 40.3 Å². The van der Waals surface area contributed by atoms with Crippen molar-refractivity contribution in [2.24, 2.45) is 5.73 Å². The predicted molar refractivity (Wildman–Crippen MR) is 221 cm³/mol. The molecule has 7 N–H and O–H groups in total. The number of nitrogens with one attached hydrogen (secondary N) is 1. The molecule has 0 aromatic heterocycles. The first-order valence-electron chi connectivity index (χ1n) is 19.3. The van der Waals surface area contributed by atoms with Gasteiger partial charge in [0.2, 0.25) is 0 Å². The molecule has 332 valence electrons. The molecule has 0 fully saturated rings. The number of nitrogens with two attached hydrogens (primary N) is 1. The minimum atomic E-state index is -5.55. The van der Waals surface area contributed by atoms with Crippen LogP contribution in [0.4, 0.5) is 26.7 Å². The van der Waals surface area contributed by atoms with Crippen LogP contribution < -0.4 is 15.8 Å². The van der Waals surface area contributed by atoms with Gasteiger partial charge in [0.25, 0.3) is 0 Å². The molecule has 0 aliphatic rings. The van der Waals surface area contributed by atoms with E-state index in [-0.39, 0.29) is 11.5 Å². The third-order valence-electron chi connectivity index (χ3n) is 8.41. The number of carbonyl (C=O) groups excluding carboxylic acids is 1. The number of primary amides is 1. The Kier molecular flexibility index (Phi) is 25.7. The number of rotatable bonds is 23. The summed E-state index contributed by atoms with van der Waals surface area (Å²) < 4.78 is 93.3. The van der Waals surface area contributed by atoms with Gasteiger partial charge in [0, 0.05) is 35.3 Å². The molecule has 0 aliphatic carbocycles. The van der Waals surface area contributed by atoms with Crippen LogP contribution in [-0.2, 0) is 20.1 Å². The Hall–Kier alpha value is -3.86. The molecule has 0 heterocycles. The van der Waals surface area contributed by atoms with E-state index in [1.54, 1.807) is 19.1 Å². The van der Waals surface area contributed by atoms with Crippen molar-refractivity contribution in [2.75, 3.05) is 37.8 Å². The second-order valence-electron chi connectivity index (χ2n) is 13.1. The maximum absolute atomic E-state index is 12.9. The first-order chi connectivity index (χ1) is 27.8. The number of aromatic hydroxyl groups is 1. The van der Waals surface area contributed by atoms with E-state index in [9.17, 15) is 36.1 Å².